The van der Waals surface area contributed by atoms with Gasteiger partial charge in [-0.25, -0.2) is 13.1 Å². The van der Waals surface area contributed by atoms with Gasteiger partial charge < -0.3 is 10.6 Å². The Balaban J connectivity index is 2.03. The van der Waals surface area contributed by atoms with Crippen molar-refractivity contribution in [3.05, 3.63) is 54.1 Å². The van der Waals surface area contributed by atoms with Gasteiger partial charge >= 0.3 is 6.18 Å². The number of hydrogen-bond donors (Lipinski definition) is 3. The second kappa shape index (κ2) is 8.40. The molecule has 0 fully saturated rings. The molecule has 0 aromatic heterocycles. The Hall–Kier alpha value is -2.92. The zero-order chi connectivity index (χ0) is 20.9. The second-order valence-corrected chi connectivity index (χ2v) is 7.44. The van der Waals surface area contributed by atoms with Crippen LogP contribution in [-0.2, 0) is 14.8 Å². The van der Waals surface area contributed by atoms with E-state index < -0.39 is 28.7 Å². The molecule has 0 radical (unpaired) electrons. The summed E-state index contributed by atoms with van der Waals surface area (Å²) in [6.45, 7) is -0.328. The van der Waals surface area contributed by atoms with E-state index in [4.69, 9.17) is 0 Å². The van der Waals surface area contributed by atoms with E-state index in [0.29, 0.717) is 5.69 Å². The maximum absolute atomic E-state index is 12.2. The molecule has 0 heterocycles. The number of halogens is 3. The number of alkyl halides is 3. The predicted octanol–water partition coefficient (Wildman–Crippen LogP) is 2.74. The van der Waals surface area contributed by atoms with Gasteiger partial charge in [0, 0.05) is 23.9 Å². The van der Waals surface area contributed by atoms with Crippen LogP contribution in [0.1, 0.15) is 17.3 Å². The van der Waals surface area contributed by atoms with Gasteiger partial charge in [-0.15, -0.1) is 0 Å². The lowest BCUT2D eigenvalue weighted by atomic mass is 10.2. The van der Waals surface area contributed by atoms with Crippen LogP contribution in [0.2, 0.25) is 0 Å². The average molecular weight is 415 g/mol. The summed E-state index contributed by atoms with van der Waals surface area (Å²) in [5, 5.41) is 5.09. The van der Waals surface area contributed by atoms with Gasteiger partial charge in [-0.05, 0) is 48.5 Å². The van der Waals surface area contributed by atoms with E-state index in [-0.39, 0.29) is 22.1 Å². The molecule has 0 aliphatic carbocycles. The molecule has 0 saturated carbocycles. The molecule has 7 nitrogen and oxygen atoms in total. The van der Waals surface area contributed by atoms with Crippen LogP contribution in [0, 0.1) is 0 Å². The summed E-state index contributed by atoms with van der Waals surface area (Å²) in [4.78, 5) is 22.8. The van der Waals surface area contributed by atoms with Crippen molar-refractivity contribution < 1.29 is 31.2 Å². The molecule has 0 unspecified atom stereocenters. The van der Waals surface area contributed by atoms with Gasteiger partial charge in [0.05, 0.1) is 4.90 Å². The minimum absolute atomic E-state index is 0.253. The average Bonchev–Trinajstić information content (AvgIpc) is 2.60. The van der Waals surface area contributed by atoms with Gasteiger partial charge in [-0.3, -0.25) is 9.59 Å². The summed E-state index contributed by atoms with van der Waals surface area (Å²) in [5.74, 6) is -0.739. The highest BCUT2D eigenvalue weighted by molar-refractivity contribution is 7.89. The van der Waals surface area contributed by atoms with Crippen LogP contribution in [0.3, 0.4) is 0 Å². The standard InChI is InChI=1S/C17H16F3N3O4S/c1-11(24)22-13-4-2-12(3-5-13)16(25)23-14-6-8-15(9-7-14)28(26,27)21-10-17(18,19)20/h2-9,21H,10H2,1H3,(H,22,24)(H,23,25). The highest BCUT2D eigenvalue weighted by Gasteiger charge is 2.30. The van der Waals surface area contributed by atoms with E-state index in [1.165, 1.54) is 48.0 Å². The topological polar surface area (TPSA) is 104 Å². The van der Waals surface area contributed by atoms with Crippen molar-refractivity contribution in [2.24, 2.45) is 0 Å². The zero-order valence-corrected chi connectivity index (χ0v) is 15.3. The number of nitrogens with one attached hydrogen (secondary N) is 3. The number of anilines is 2. The molecule has 0 bridgehead atoms. The third kappa shape index (κ3) is 6.35. The number of rotatable bonds is 6. The Kier molecular flexibility index (Phi) is 6.41. The van der Waals surface area contributed by atoms with Crippen molar-refractivity contribution in [3.8, 4) is 0 Å². The molecule has 0 atom stereocenters. The quantitative estimate of drug-likeness (QED) is 0.675. The molecular formula is C17H16F3N3O4S. The van der Waals surface area contributed by atoms with E-state index in [0.717, 1.165) is 12.1 Å². The van der Waals surface area contributed by atoms with Crippen molar-refractivity contribution in [3.63, 3.8) is 0 Å². The Labute approximate surface area is 159 Å². The SMILES string of the molecule is CC(=O)Nc1ccc(C(=O)Nc2ccc(S(=O)(=O)NCC(F)(F)F)cc2)cc1. The summed E-state index contributed by atoms with van der Waals surface area (Å²) in [7, 11) is -4.32. The lowest BCUT2D eigenvalue weighted by Crippen LogP contribution is -2.33. The van der Waals surface area contributed by atoms with E-state index in [1.807, 2.05) is 0 Å². The van der Waals surface area contributed by atoms with Crippen LogP contribution in [-0.4, -0.2) is 33.0 Å². The van der Waals surface area contributed by atoms with Gasteiger partial charge in [0.1, 0.15) is 6.54 Å². The number of carbonyl (C=O) groups is 2. The highest BCUT2D eigenvalue weighted by atomic mass is 32.2. The lowest BCUT2D eigenvalue weighted by Gasteiger charge is -2.10. The third-order valence-corrected chi connectivity index (χ3v) is 4.77. The highest BCUT2D eigenvalue weighted by Crippen LogP contribution is 2.18. The molecule has 2 aromatic carbocycles. The van der Waals surface area contributed by atoms with Gasteiger partial charge in [-0.2, -0.15) is 13.2 Å². The second-order valence-electron chi connectivity index (χ2n) is 5.68. The first kappa shape index (κ1) is 21.4. The summed E-state index contributed by atoms with van der Waals surface area (Å²) in [6.07, 6.45) is -4.67. The van der Waals surface area contributed by atoms with Crippen molar-refractivity contribution in [1.82, 2.24) is 4.72 Å². The van der Waals surface area contributed by atoms with Gasteiger partial charge in [0.2, 0.25) is 15.9 Å². The molecule has 0 aliphatic rings. The molecule has 0 aliphatic heterocycles. The fourth-order valence-corrected chi connectivity index (χ4v) is 3.10. The third-order valence-electron chi connectivity index (χ3n) is 3.35. The maximum Gasteiger partial charge on any atom is 0.402 e. The molecular weight excluding hydrogens is 399 g/mol. The van der Waals surface area contributed by atoms with Crippen LogP contribution >= 0.6 is 0 Å². The smallest absolute Gasteiger partial charge is 0.326 e. The maximum atomic E-state index is 12.2. The molecule has 11 heteroatoms. The lowest BCUT2D eigenvalue weighted by molar-refractivity contribution is -0.121. The molecule has 2 aromatic rings. The molecule has 2 rings (SSSR count). The molecule has 150 valence electrons. The van der Waals surface area contributed by atoms with Crippen LogP contribution in [0.25, 0.3) is 0 Å². The summed E-state index contributed by atoms with van der Waals surface area (Å²) < 4.78 is 61.6. The molecule has 28 heavy (non-hydrogen) atoms. The largest absolute Gasteiger partial charge is 0.402 e. The normalized spacial score (nSPS) is 11.7. The first-order valence-corrected chi connectivity index (χ1v) is 9.30. The van der Waals surface area contributed by atoms with Crippen LogP contribution in [0.5, 0.6) is 0 Å². The molecule has 2 amide bonds. The van der Waals surface area contributed by atoms with Gasteiger partial charge in [0.15, 0.2) is 0 Å². The Morgan fingerprint density at radius 3 is 1.89 bits per heavy atom. The summed E-state index contributed by atoms with van der Waals surface area (Å²) in [6, 6.07) is 10.7. The van der Waals surface area contributed by atoms with Crippen molar-refractivity contribution in [2.45, 2.75) is 18.0 Å². The van der Waals surface area contributed by atoms with Crippen LogP contribution < -0.4 is 15.4 Å². The number of sulfonamides is 1. The van der Waals surface area contributed by atoms with Gasteiger partial charge in [0.25, 0.3) is 5.91 Å². The minimum Gasteiger partial charge on any atom is -0.326 e. The van der Waals surface area contributed by atoms with Crippen molar-refractivity contribution in [1.29, 1.82) is 0 Å². The number of hydrogen-bond acceptors (Lipinski definition) is 4. The number of benzene rings is 2. The predicted molar refractivity (Wildman–Crippen MR) is 96.4 cm³/mol. The van der Waals surface area contributed by atoms with Crippen molar-refractivity contribution >= 4 is 33.2 Å². The fraction of sp³-hybridized carbons (Fsp3) is 0.176. The molecule has 3 N–H and O–H groups in total. The minimum atomic E-state index is -4.67. The number of carbonyl (C=O) groups excluding carboxylic acids is 2. The van der Waals surface area contributed by atoms with Gasteiger partial charge in [-0.1, -0.05) is 0 Å². The fourth-order valence-electron chi connectivity index (χ4n) is 2.09. The Morgan fingerprint density at radius 2 is 1.39 bits per heavy atom. The van der Waals surface area contributed by atoms with Crippen LogP contribution in [0.15, 0.2) is 53.4 Å². The first-order valence-electron chi connectivity index (χ1n) is 7.82. The van der Waals surface area contributed by atoms with E-state index in [1.54, 1.807) is 0 Å². The van der Waals surface area contributed by atoms with E-state index >= 15 is 0 Å². The molecule has 0 spiro atoms. The molecule has 0 saturated heterocycles. The van der Waals surface area contributed by atoms with Crippen LogP contribution in [0.4, 0.5) is 24.5 Å². The monoisotopic (exact) mass is 415 g/mol. The zero-order valence-electron chi connectivity index (χ0n) is 14.5. The number of amides is 2. The van der Waals surface area contributed by atoms with E-state index in [2.05, 4.69) is 10.6 Å². The summed E-state index contributed by atoms with van der Waals surface area (Å²) >= 11 is 0. The Morgan fingerprint density at radius 1 is 0.893 bits per heavy atom. The first-order chi connectivity index (χ1) is 13.0. The van der Waals surface area contributed by atoms with Crippen molar-refractivity contribution in [2.75, 3.05) is 17.2 Å². The Bertz CT molecular complexity index is 957. The van der Waals surface area contributed by atoms with E-state index in [9.17, 15) is 31.2 Å². The summed E-state index contributed by atoms with van der Waals surface area (Å²) in [5.41, 5.74) is 1.06.